The minimum atomic E-state index is -3.91. The second-order valence-corrected chi connectivity index (χ2v) is 33.6. The van der Waals surface area contributed by atoms with Gasteiger partial charge < -0.3 is 45.5 Å². The third-order valence-corrected chi connectivity index (χ3v) is 26.4. The van der Waals surface area contributed by atoms with Crippen LogP contribution >= 0.6 is 11.8 Å². The van der Waals surface area contributed by atoms with E-state index in [-0.39, 0.29) is 25.0 Å². The smallest absolute Gasteiger partial charge is 0.497 e. The van der Waals surface area contributed by atoms with Gasteiger partial charge in [0.2, 0.25) is 19.7 Å². The Morgan fingerprint density at radius 1 is 0.375 bits per heavy atom. The highest BCUT2D eigenvalue weighted by molar-refractivity contribution is 7.99. The number of hydrogen-bond acceptors (Lipinski definition) is 15. The molecule has 0 aromatic heterocycles. The third kappa shape index (κ3) is 15.9. The lowest BCUT2D eigenvalue weighted by Gasteiger charge is -2.29. The Balaban J connectivity index is 1.01. The maximum Gasteiger partial charge on any atom is 0.500 e. The molecule has 0 aliphatic heterocycles. The second-order valence-electron chi connectivity index (χ2n) is 22.2. The molecule has 8 aromatic carbocycles. The molecule has 0 saturated heterocycles. The van der Waals surface area contributed by atoms with E-state index in [9.17, 15) is 16.8 Å². The van der Waals surface area contributed by atoms with E-state index in [1.54, 1.807) is 128 Å². The van der Waals surface area contributed by atoms with E-state index in [4.69, 9.17) is 45.5 Å². The molecule has 88 heavy (non-hydrogen) atoms. The van der Waals surface area contributed by atoms with E-state index < -0.39 is 42.7 Å². The van der Waals surface area contributed by atoms with Crippen LogP contribution in [0, 0.1) is 6.92 Å². The van der Waals surface area contributed by atoms with E-state index >= 15 is 0 Å². The Bertz CT molecular complexity index is 3780. The van der Waals surface area contributed by atoms with Gasteiger partial charge in [0.25, 0.3) is 0 Å². The molecule has 14 nitrogen and oxygen atoms in total. The fourth-order valence-electron chi connectivity index (χ4n) is 10.3. The van der Waals surface area contributed by atoms with E-state index in [0.29, 0.717) is 65.2 Å². The van der Waals surface area contributed by atoms with Gasteiger partial charge >= 0.3 is 17.6 Å². The number of rotatable bonds is 31. The summed E-state index contributed by atoms with van der Waals surface area (Å²) in [6, 6.07) is 55.6. The summed E-state index contributed by atoms with van der Waals surface area (Å²) in [5.41, 5.74) is 6.71. The molecule has 0 aliphatic rings. The van der Waals surface area contributed by atoms with E-state index in [1.165, 1.54) is 30.4 Å². The van der Waals surface area contributed by atoms with Crippen molar-refractivity contribution >= 4 is 49.0 Å². The average molecular weight is 1290 g/mol. The quantitative estimate of drug-likeness (QED) is 0.0298. The minimum Gasteiger partial charge on any atom is -0.497 e. The lowest BCUT2D eigenvalue weighted by atomic mass is 9.77. The summed E-state index contributed by atoms with van der Waals surface area (Å²) in [5, 5.41) is 0. The highest BCUT2D eigenvalue weighted by Crippen LogP contribution is 2.41. The van der Waals surface area contributed by atoms with Crippen molar-refractivity contribution in [3.8, 4) is 40.2 Å². The Kier molecular flexibility index (Phi) is 22.5. The highest BCUT2D eigenvalue weighted by Gasteiger charge is 2.39. The van der Waals surface area contributed by atoms with Crippen molar-refractivity contribution in [2.75, 3.05) is 61.3 Å². The first-order valence-corrected chi connectivity index (χ1v) is 36.9. The van der Waals surface area contributed by atoms with Gasteiger partial charge in [-0.3, -0.25) is 0 Å². The first-order valence-electron chi connectivity index (χ1n) is 28.9. The minimum absolute atomic E-state index is 0.112. The fraction of sp³-hybridized carbons (Fsp3) is 0.304. The van der Waals surface area contributed by atoms with Crippen LogP contribution in [-0.2, 0) is 69.9 Å². The molecule has 0 saturated carbocycles. The molecule has 0 bridgehead atoms. The van der Waals surface area contributed by atoms with Crippen molar-refractivity contribution in [2.45, 2.75) is 96.4 Å². The van der Waals surface area contributed by atoms with Gasteiger partial charge in [-0.25, -0.2) is 16.8 Å². The van der Waals surface area contributed by atoms with Crippen LogP contribution in [-0.4, -0.2) is 95.7 Å². The van der Waals surface area contributed by atoms with Gasteiger partial charge in [0.1, 0.15) is 40.2 Å². The van der Waals surface area contributed by atoms with Crippen LogP contribution in [0.25, 0.3) is 0 Å². The van der Waals surface area contributed by atoms with Crippen LogP contribution in [0.5, 0.6) is 40.2 Å². The standard InChI is InChI=1S/C69H80O14S3Si2/c1-50-14-16-53(17-15-50)68(2,3)54-18-22-58(23-19-54)81-59-26-34-63(35-27-59)86(72,73)65-38-30-61(31-39-65)83-67-41-21-56(49-52(67)43-47-88(78-10,79-11)80-12)69(4,5)55-20-40-66(51(48-55)42-45-84-44-13-46-87(75-7,76-8)77-9)82-60-28-36-64(37-29-60)85(70,71)62-32-24-57(74-6)25-33-62/h14-41,48-49H,13,42-47H2,1-12H3. The van der Waals surface area contributed by atoms with Crippen LogP contribution in [0.1, 0.15) is 73.1 Å². The summed E-state index contributed by atoms with van der Waals surface area (Å²) in [5.74, 6) is 5.54. The topological polar surface area (TPSA) is 161 Å². The van der Waals surface area contributed by atoms with Gasteiger partial charge in [0.05, 0.1) is 26.7 Å². The van der Waals surface area contributed by atoms with Crippen molar-refractivity contribution in [1.82, 2.24) is 0 Å². The van der Waals surface area contributed by atoms with E-state index in [0.717, 1.165) is 45.7 Å². The summed E-state index contributed by atoms with van der Waals surface area (Å²) in [6.45, 7) is 10.8. The molecule has 19 heteroatoms. The number of ether oxygens (including phenoxy) is 4. The first-order chi connectivity index (χ1) is 42.1. The molecular formula is C69H80O14S3Si2. The molecule has 0 spiro atoms. The number of aryl methyl sites for hydroxylation is 3. The van der Waals surface area contributed by atoms with Gasteiger partial charge in [-0.2, -0.15) is 11.8 Å². The molecule has 0 fully saturated rings. The molecule has 8 aromatic rings. The van der Waals surface area contributed by atoms with Crippen LogP contribution in [0.4, 0.5) is 0 Å². The van der Waals surface area contributed by atoms with Crippen molar-refractivity contribution < 1.29 is 62.3 Å². The summed E-state index contributed by atoms with van der Waals surface area (Å²) < 4.78 is 114. The predicted molar refractivity (Wildman–Crippen MR) is 351 cm³/mol. The zero-order valence-electron chi connectivity index (χ0n) is 52.2. The second kappa shape index (κ2) is 29.4. The van der Waals surface area contributed by atoms with Crippen molar-refractivity contribution in [3.05, 3.63) is 221 Å². The molecule has 0 aliphatic carbocycles. The lowest BCUT2D eigenvalue weighted by molar-refractivity contribution is 0.123. The van der Waals surface area contributed by atoms with Crippen LogP contribution < -0.4 is 18.9 Å². The summed E-state index contributed by atoms with van der Waals surface area (Å²) >= 11 is 1.82. The Morgan fingerprint density at radius 3 is 1.10 bits per heavy atom. The SMILES string of the molecule is COc1ccc(S(=O)(=O)c2ccc(Oc3ccc(C(C)(C)c4ccc(Oc5ccc(S(=O)(=O)c6ccc(Oc7ccc(C(C)(C)c8ccc(C)cc8)cc7)cc6)cc5)c(CC[Si](OC)(OC)OC)c4)cc3CCSCCC[Si](OC)(OC)OC)cc2)cc1. The summed E-state index contributed by atoms with van der Waals surface area (Å²) in [6.07, 6.45) is 2.00. The predicted octanol–water partition coefficient (Wildman–Crippen LogP) is 15.7. The number of hydrogen-bond donors (Lipinski definition) is 0. The Labute approximate surface area is 527 Å². The van der Waals surface area contributed by atoms with Gasteiger partial charge in [-0.1, -0.05) is 93.9 Å². The normalized spacial score (nSPS) is 12.5. The molecule has 466 valence electrons. The Hall–Kier alpha value is -6.60. The fourth-order valence-corrected chi connectivity index (χ4v) is 17.4. The molecule has 0 amide bonds. The average Bonchev–Trinajstić information content (AvgIpc) is 2.05. The molecule has 8 rings (SSSR count). The number of thioether (sulfide) groups is 1. The Morgan fingerprint density at radius 2 is 0.705 bits per heavy atom. The molecule has 0 heterocycles. The van der Waals surface area contributed by atoms with Crippen LogP contribution in [0.2, 0.25) is 12.1 Å². The molecular weight excluding hydrogens is 1210 g/mol. The lowest BCUT2D eigenvalue weighted by Crippen LogP contribution is -2.43. The third-order valence-electron chi connectivity index (χ3n) is 16.2. The van der Waals surface area contributed by atoms with Gasteiger partial charge in [-0.05, 0) is 192 Å². The highest BCUT2D eigenvalue weighted by atomic mass is 32.2. The first kappa shape index (κ1) is 67.3. The maximum atomic E-state index is 14.0. The van der Waals surface area contributed by atoms with Crippen LogP contribution in [0.15, 0.2) is 202 Å². The van der Waals surface area contributed by atoms with Crippen molar-refractivity contribution in [2.24, 2.45) is 0 Å². The number of benzene rings is 8. The van der Waals surface area contributed by atoms with Gasteiger partial charge in [-0.15, -0.1) is 0 Å². The van der Waals surface area contributed by atoms with Crippen molar-refractivity contribution in [1.29, 1.82) is 0 Å². The van der Waals surface area contributed by atoms with Gasteiger partial charge in [0, 0.05) is 65.6 Å². The molecule has 0 unspecified atom stereocenters. The number of sulfone groups is 2. The zero-order valence-corrected chi connectivity index (χ0v) is 56.7. The zero-order chi connectivity index (χ0) is 63.3. The van der Waals surface area contributed by atoms with Crippen molar-refractivity contribution in [3.63, 3.8) is 0 Å². The maximum absolute atomic E-state index is 14.0. The monoisotopic (exact) mass is 1280 g/mol. The largest absolute Gasteiger partial charge is 0.500 e. The molecule has 0 N–H and O–H groups in total. The van der Waals surface area contributed by atoms with E-state index in [2.05, 4.69) is 89.2 Å². The summed E-state index contributed by atoms with van der Waals surface area (Å²) in [4.78, 5) is 0.540. The van der Waals surface area contributed by atoms with Crippen LogP contribution in [0.3, 0.4) is 0 Å². The summed E-state index contributed by atoms with van der Waals surface area (Å²) in [7, 11) is -2.30. The number of methoxy groups -OCH3 is 1. The van der Waals surface area contributed by atoms with E-state index in [1.807, 2.05) is 42.1 Å². The molecule has 0 atom stereocenters. The molecule has 0 radical (unpaired) electrons. The van der Waals surface area contributed by atoms with Gasteiger partial charge in [0.15, 0.2) is 0 Å².